The summed E-state index contributed by atoms with van der Waals surface area (Å²) in [5.41, 5.74) is -0.0735. The van der Waals surface area contributed by atoms with Gasteiger partial charge in [-0.25, -0.2) is 8.78 Å². The van der Waals surface area contributed by atoms with Gasteiger partial charge in [0.25, 0.3) is 0 Å². The summed E-state index contributed by atoms with van der Waals surface area (Å²) in [4.78, 5) is 27.3. The molecule has 0 aliphatic carbocycles. The molecule has 28 heavy (non-hydrogen) atoms. The lowest BCUT2D eigenvalue weighted by Crippen LogP contribution is -2.41. The summed E-state index contributed by atoms with van der Waals surface area (Å²) in [6, 6.07) is 10.1. The Morgan fingerprint density at radius 3 is 2.04 bits per heavy atom. The van der Waals surface area contributed by atoms with Crippen LogP contribution in [0.25, 0.3) is 0 Å². The van der Waals surface area contributed by atoms with Crippen LogP contribution in [-0.2, 0) is 9.59 Å². The van der Waals surface area contributed by atoms with Crippen molar-refractivity contribution in [3.63, 3.8) is 0 Å². The van der Waals surface area contributed by atoms with Crippen LogP contribution in [0.5, 0.6) is 0 Å². The summed E-state index contributed by atoms with van der Waals surface area (Å²) in [5.74, 6) is -2.89. The standard InChI is InChI=1S/C21H25F2N3O2/c1-5-26(6-2)16-10-8-15(9-11-16)24-19(27)21(3,4)20(28)25-18-12-7-14(22)13-17(18)23/h7-13H,5-6H2,1-4H3,(H,24,27)(H,25,28). The van der Waals surface area contributed by atoms with E-state index in [0.29, 0.717) is 11.8 Å². The molecule has 0 saturated carbocycles. The number of carbonyl (C=O) groups excluding carboxylic acids is 2. The summed E-state index contributed by atoms with van der Waals surface area (Å²) in [6.07, 6.45) is 0. The number of nitrogens with one attached hydrogen (secondary N) is 2. The Labute approximate surface area is 163 Å². The van der Waals surface area contributed by atoms with E-state index >= 15 is 0 Å². The number of halogens is 2. The van der Waals surface area contributed by atoms with Crippen LogP contribution in [0.2, 0.25) is 0 Å². The highest BCUT2D eigenvalue weighted by atomic mass is 19.1. The van der Waals surface area contributed by atoms with Gasteiger partial charge in [-0.05, 0) is 64.1 Å². The second kappa shape index (κ2) is 8.82. The van der Waals surface area contributed by atoms with E-state index in [2.05, 4.69) is 29.4 Å². The molecule has 150 valence electrons. The van der Waals surface area contributed by atoms with Gasteiger partial charge < -0.3 is 15.5 Å². The van der Waals surface area contributed by atoms with Crippen LogP contribution < -0.4 is 15.5 Å². The Balaban J connectivity index is 2.08. The number of amides is 2. The van der Waals surface area contributed by atoms with Crippen molar-refractivity contribution < 1.29 is 18.4 Å². The minimum Gasteiger partial charge on any atom is -0.372 e. The maximum atomic E-state index is 13.7. The van der Waals surface area contributed by atoms with Gasteiger partial charge in [0.1, 0.15) is 17.0 Å². The molecule has 7 heteroatoms. The largest absolute Gasteiger partial charge is 0.372 e. The summed E-state index contributed by atoms with van der Waals surface area (Å²) in [6.45, 7) is 8.73. The van der Waals surface area contributed by atoms with Crippen LogP contribution in [0.1, 0.15) is 27.7 Å². The van der Waals surface area contributed by atoms with Crippen LogP contribution in [0.4, 0.5) is 25.8 Å². The van der Waals surface area contributed by atoms with Gasteiger partial charge >= 0.3 is 0 Å². The SMILES string of the molecule is CCN(CC)c1ccc(NC(=O)C(C)(C)C(=O)Nc2ccc(F)cc2F)cc1. The summed E-state index contributed by atoms with van der Waals surface area (Å²) in [7, 11) is 0. The van der Waals surface area contributed by atoms with Gasteiger partial charge in [0, 0.05) is 30.5 Å². The van der Waals surface area contributed by atoms with Crippen molar-refractivity contribution in [3.05, 3.63) is 54.1 Å². The van der Waals surface area contributed by atoms with Crippen LogP contribution in [0, 0.1) is 17.0 Å². The summed E-state index contributed by atoms with van der Waals surface area (Å²) >= 11 is 0. The number of anilines is 3. The third-order valence-corrected chi connectivity index (χ3v) is 4.57. The molecular formula is C21H25F2N3O2. The summed E-state index contributed by atoms with van der Waals surface area (Å²) in [5, 5.41) is 5.04. The van der Waals surface area contributed by atoms with Gasteiger partial charge in [0.05, 0.1) is 5.69 Å². The highest BCUT2D eigenvalue weighted by Crippen LogP contribution is 2.24. The smallest absolute Gasteiger partial charge is 0.239 e. The van der Waals surface area contributed by atoms with E-state index in [1.54, 1.807) is 12.1 Å². The highest BCUT2D eigenvalue weighted by molar-refractivity contribution is 6.14. The van der Waals surface area contributed by atoms with Gasteiger partial charge in [-0.1, -0.05) is 0 Å². The third-order valence-electron chi connectivity index (χ3n) is 4.57. The minimum absolute atomic E-state index is 0.184. The quantitative estimate of drug-likeness (QED) is 0.690. The molecule has 2 amide bonds. The fraction of sp³-hybridized carbons (Fsp3) is 0.333. The maximum absolute atomic E-state index is 13.7. The molecule has 2 rings (SSSR count). The van der Waals surface area contributed by atoms with Gasteiger partial charge in [0.15, 0.2) is 0 Å². The second-order valence-electron chi connectivity index (χ2n) is 6.88. The molecule has 0 unspecified atom stereocenters. The van der Waals surface area contributed by atoms with Gasteiger partial charge in [0.2, 0.25) is 11.8 Å². The minimum atomic E-state index is -1.47. The molecule has 2 aromatic carbocycles. The molecule has 0 atom stereocenters. The van der Waals surface area contributed by atoms with E-state index in [-0.39, 0.29) is 5.69 Å². The van der Waals surface area contributed by atoms with Gasteiger partial charge in [-0.15, -0.1) is 0 Å². The van der Waals surface area contributed by atoms with Crippen molar-refractivity contribution in [1.29, 1.82) is 0 Å². The van der Waals surface area contributed by atoms with Crippen molar-refractivity contribution in [2.45, 2.75) is 27.7 Å². The number of hydrogen-bond donors (Lipinski definition) is 2. The van der Waals surface area contributed by atoms with E-state index in [4.69, 9.17) is 0 Å². The monoisotopic (exact) mass is 389 g/mol. The molecule has 0 spiro atoms. The number of nitrogens with zero attached hydrogens (tertiary/aromatic N) is 1. The van der Waals surface area contributed by atoms with Crippen molar-refractivity contribution in [1.82, 2.24) is 0 Å². The van der Waals surface area contributed by atoms with E-state index in [9.17, 15) is 18.4 Å². The van der Waals surface area contributed by atoms with Gasteiger partial charge in [-0.3, -0.25) is 9.59 Å². The molecule has 0 heterocycles. The number of rotatable bonds is 7. The molecule has 5 nitrogen and oxygen atoms in total. The summed E-state index contributed by atoms with van der Waals surface area (Å²) < 4.78 is 26.7. The predicted octanol–water partition coefficient (Wildman–Crippen LogP) is 4.41. The second-order valence-corrected chi connectivity index (χ2v) is 6.88. The molecular weight excluding hydrogens is 364 g/mol. The molecule has 0 aliphatic heterocycles. The van der Waals surface area contributed by atoms with E-state index in [1.165, 1.54) is 13.8 Å². The first-order valence-electron chi connectivity index (χ1n) is 9.12. The van der Waals surface area contributed by atoms with Crippen molar-refractivity contribution in [2.24, 2.45) is 5.41 Å². The van der Waals surface area contributed by atoms with Crippen LogP contribution in [0.3, 0.4) is 0 Å². The van der Waals surface area contributed by atoms with Gasteiger partial charge in [-0.2, -0.15) is 0 Å². The molecule has 0 bridgehead atoms. The topological polar surface area (TPSA) is 61.4 Å². The first-order chi connectivity index (χ1) is 13.2. The Hall–Kier alpha value is -2.96. The van der Waals surface area contributed by atoms with Crippen LogP contribution in [-0.4, -0.2) is 24.9 Å². The Bertz CT molecular complexity index is 847. The third kappa shape index (κ3) is 4.85. The van der Waals surface area contributed by atoms with Crippen molar-refractivity contribution >= 4 is 28.9 Å². The molecule has 0 radical (unpaired) electrons. The predicted molar refractivity (Wildman–Crippen MR) is 107 cm³/mol. The zero-order valence-electron chi connectivity index (χ0n) is 16.5. The zero-order valence-corrected chi connectivity index (χ0v) is 16.5. The molecule has 0 saturated heterocycles. The number of benzene rings is 2. The Morgan fingerprint density at radius 1 is 0.929 bits per heavy atom. The number of hydrogen-bond acceptors (Lipinski definition) is 3. The Morgan fingerprint density at radius 2 is 1.50 bits per heavy atom. The van der Waals surface area contributed by atoms with Crippen molar-refractivity contribution in [3.8, 4) is 0 Å². The lowest BCUT2D eigenvalue weighted by atomic mass is 9.90. The lowest BCUT2D eigenvalue weighted by Gasteiger charge is -2.24. The zero-order chi connectivity index (χ0) is 20.9. The Kier molecular flexibility index (Phi) is 6.72. The average molecular weight is 389 g/mol. The highest BCUT2D eigenvalue weighted by Gasteiger charge is 2.36. The molecule has 2 aromatic rings. The maximum Gasteiger partial charge on any atom is 0.239 e. The normalized spacial score (nSPS) is 11.1. The van der Waals surface area contributed by atoms with E-state index in [0.717, 1.165) is 30.9 Å². The van der Waals surface area contributed by atoms with E-state index in [1.807, 2.05) is 12.1 Å². The fourth-order valence-corrected chi connectivity index (χ4v) is 2.60. The molecule has 2 N–H and O–H groups in total. The average Bonchev–Trinajstić information content (AvgIpc) is 2.66. The fourth-order valence-electron chi connectivity index (χ4n) is 2.60. The van der Waals surface area contributed by atoms with E-state index < -0.39 is 28.9 Å². The van der Waals surface area contributed by atoms with Crippen molar-refractivity contribution in [2.75, 3.05) is 28.6 Å². The molecule has 0 aliphatic rings. The lowest BCUT2D eigenvalue weighted by molar-refractivity contribution is -0.135. The first kappa shape index (κ1) is 21.3. The van der Waals surface area contributed by atoms with Crippen LogP contribution >= 0.6 is 0 Å². The van der Waals surface area contributed by atoms with Crippen LogP contribution in [0.15, 0.2) is 42.5 Å². The number of carbonyl (C=O) groups is 2. The molecule has 0 aromatic heterocycles. The first-order valence-corrected chi connectivity index (χ1v) is 9.12. The molecule has 0 fully saturated rings.